The predicted molar refractivity (Wildman–Crippen MR) is 106 cm³/mol. The molecule has 5 rings (SSSR count). The summed E-state index contributed by atoms with van der Waals surface area (Å²) in [5.41, 5.74) is 2.34. The Bertz CT molecular complexity index is 1140. The van der Waals surface area contributed by atoms with E-state index < -0.39 is 17.5 Å². The van der Waals surface area contributed by atoms with Gasteiger partial charge in [-0.2, -0.15) is 0 Å². The van der Waals surface area contributed by atoms with Crippen molar-refractivity contribution < 1.29 is 24.1 Å². The van der Waals surface area contributed by atoms with Crippen molar-refractivity contribution in [2.45, 2.75) is 37.7 Å². The summed E-state index contributed by atoms with van der Waals surface area (Å²) in [6, 6.07) is 11.6. The van der Waals surface area contributed by atoms with Gasteiger partial charge in [0, 0.05) is 27.7 Å². The average molecular weight is 395 g/mol. The summed E-state index contributed by atoms with van der Waals surface area (Å²) >= 11 is 0. The Morgan fingerprint density at radius 1 is 1.17 bits per heavy atom. The van der Waals surface area contributed by atoms with Crippen molar-refractivity contribution in [1.29, 1.82) is 0 Å². The highest BCUT2D eigenvalue weighted by molar-refractivity contribution is 5.94. The van der Waals surface area contributed by atoms with Gasteiger partial charge in [-0.1, -0.05) is 19.9 Å². The Hall–Kier alpha value is -2.86. The van der Waals surface area contributed by atoms with Crippen LogP contribution in [-0.2, 0) is 20.5 Å². The normalized spacial score (nSPS) is 25.0. The molecule has 1 aliphatic carbocycles. The molecule has 1 saturated carbocycles. The van der Waals surface area contributed by atoms with Gasteiger partial charge >= 0.3 is 5.97 Å². The highest BCUT2D eigenvalue weighted by atomic mass is 19.1. The van der Waals surface area contributed by atoms with Gasteiger partial charge in [-0.3, -0.25) is 4.79 Å². The van der Waals surface area contributed by atoms with E-state index in [4.69, 9.17) is 4.74 Å². The van der Waals surface area contributed by atoms with Gasteiger partial charge in [-0.15, -0.1) is 0 Å². The van der Waals surface area contributed by atoms with Crippen LogP contribution in [0.25, 0.3) is 16.6 Å². The summed E-state index contributed by atoms with van der Waals surface area (Å²) in [5.74, 6) is -1.46. The Labute approximate surface area is 167 Å². The smallest absolute Gasteiger partial charge is 0.306 e. The van der Waals surface area contributed by atoms with E-state index in [1.807, 2.05) is 6.07 Å². The summed E-state index contributed by atoms with van der Waals surface area (Å²) < 4.78 is 21.9. The molecule has 0 amide bonds. The number of ether oxygens (including phenoxy) is 1. The molecule has 150 valence electrons. The Kier molecular flexibility index (Phi) is 3.65. The summed E-state index contributed by atoms with van der Waals surface area (Å²) in [5, 5.41) is 20.9. The van der Waals surface area contributed by atoms with Crippen LogP contribution in [-0.4, -0.2) is 27.4 Å². The van der Waals surface area contributed by atoms with Crippen LogP contribution >= 0.6 is 0 Å². The second kappa shape index (κ2) is 5.83. The molecule has 1 aliphatic heterocycles. The third-order valence-electron chi connectivity index (χ3n) is 6.36. The number of fused-ring (bicyclic) bond motifs is 4. The number of aromatic hydroxyl groups is 1. The number of phenols is 1. The predicted octanol–water partition coefficient (Wildman–Crippen LogP) is 4.47. The van der Waals surface area contributed by atoms with Crippen LogP contribution in [0.5, 0.6) is 5.75 Å². The molecule has 2 N–H and O–H groups in total. The zero-order valence-electron chi connectivity index (χ0n) is 16.3. The highest BCUT2D eigenvalue weighted by Crippen LogP contribution is 2.58. The van der Waals surface area contributed by atoms with Gasteiger partial charge in [0.1, 0.15) is 11.6 Å². The quantitative estimate of drug-likeness (QED) is 0.671. The average Bonchev–Trinajstić information content (AvgIpc) is 2.99. The van der Waals surface area contributed by atoms with Crippen LogP contribution in [0, 0.1) is 11.7 Å². The number of phenolic OH excluding ortho intramolecular Hbond substituents is 1. The van der Waals surface area contributed by atoms with Gasteiger partial charge in [-0.25, -0.2) is 4.39 Å². The first-order valence-corrected chi connectivity index (χ1v) is 9.74. The van der Waals surface area contributed by atoms with Crippen molar-refractivity contribution in [3.63, 3.8) is 0 Å². The van der Waals surface area contributed by atoms with E-state index in [2.05, 4.69) is 18.4 Å². The lowest BCUT2D eigenvalue weighted by Gasteiger charge is -2.51. The van der Waals surface area contributed by atoms with E-state index in [1.165, 1.54) is 12.1 Å². The molecule has 2 heterocycles. The largest absolute Gasteiger partial charge is 0.507 e. The fourth-order valence-corrected chi connectivity index (χ4v) is 4.96. The van der Waals surface area contributed by atoms with Crippen molar-refractivity contribution in [3.05, 3.63) is 59.5 Å². The van der Waals surface area contributed by atoms with Gasteiger partial charge in [0.25, 0.3) is 0 Å². The van der Waals surface area contributed by atoms with Gasteiger partial charge in [0.15, 0.2) is 0 Å². The maximum absolute atomic E-state index is 13.6. The molecule has 0 saturated heterocycles. The third kappa shape index (κ3) is 2.45. The zero-order chi connectivity index (χ0) is 20.6. The number of halogens is 1. The van der Waals surface area contributed by atoms with Gasteiger partial charge in [-0.05, 0) is 49.2 Å². The molecule has 2 aliphatic rings. The first-order chi connectivity index (χ1) is 13.7. The van der Waals surface area contributed by atoms with Gasteiger partial charge in [0.05, 0.1) is 23.6 Å². The zero-order valence-corrected chi connectivity index (χ0v) is 16.3. The minimum absolute atomic E-state index is 0.138. The van der Waals surface area contributed by atoms with Crippen molar-refractivity contribution in [1.82, 2.24) is 4.57 Å². The summed E-state index contributed by atoms with van der Waals surface area (Å²) in [7, 11) is 0. The molecule has 0 atom stereocenters. The fourth-order valence-electron chi connectivity index (χ4n) is 4.96. The van der Waals surface area contributed by atoms with Crippen LogP contribution in [0.1, 0.15) is 37.9 Å². The Balaban J connectivity index is 1.85. The molecule has 6 heteroatoms. The number of carbonyl (C=O) groups is 1. The molecule has 29 heavy (non-hydrogen) atoms. The molecule has 0 radical (unpaired) electrons. The Morgan fingerprint density at radius 3 is 2.52 bits per heavy atom. The minimum atomic E-state index is -0.822. The number of aromatic nitrogens is 1. The SMILES string of the molecule is CC1(C)CO[C@]2(C[C@@H](C(=O)O)C2)c2c1n(-c1ccc(F)cc1)c1cccc(O)c12. The first kappa shape index (κ1) is 18.2. The molecule has 3 aromatic rings. The molecule has 5 nitrogen and oxygen atoms in total. The maximum atomic E-state index is 13.6. The van der Waals surface area contributed by atoms with E-state index in [0.717, 1.165) is 22.5 Å². The van der Waals surface area contributed by atoms with Crippen LogP contribution < -0.4 is 0 Å². The summed E-state index contributed by atoms with van der Waals surface area (Å²) in [4.78, 5) is 11.5. The third-order valence-corrected chi connectivity index (χ3v) is 6.36. The maximum Gasteiger partial charge on any atom is 0.306 e. The first-order valence-electron chi connectivity index (χ1n) is 9.74. The highest BCUT2D eigenvalue weighted by Gasteiger charge is 2.57. The van der Waals surface area contributed by atoms with Crippen molar-refractivity contribution >= 4 is 16.9 Å². The topological polar surface area (TPSA) is 71.7 Å². The molecule has 2 aromatic carbocycles. The molecular formula is C23H22FNO4. The minimum Gasteiger partial charge on any atom is -0.507 e. The van der Waals surface area contributed by atoms with E-state index in [-0.39, 0.29) is 17.0 Å². The molecule has 1 spiro atoms. The van der Waals surface area contributed by atoms with E-state index >= 15 is 0 Å². The standard InChI is InChI=1S/C23H22FNO4/c1-22(2)12-29-23(10-13(11-23)21(27)28)19-18-16(4-3-5-17(18)26)25(20(19)22)15-8-6-14(24)7-9-15/h3-9,13,26H,10-12H2,1-2H3,(H,27,28)/t13-,23+. The molecule has 0 bridgehead atoms. The van der Waals surface area contributed by atoms with Gasteiger partial charge < -0.3 is 19.5 Å². The van der Waals surface area contributed by atoms with Gasteiger partial charge in [0.2, 0.25) is 0 Å². The number of benzene rings is 2. The monoisotopic (exact) mass is 395 g/mol. The van der Waals surface area contributed by atoms with E-state index in [0.29, 0.717) is 24.8 Å². The fraction of sp³-hybridized carbons (Fsp3) is 0.348. The number of rotatable bonds is 2. The molecule has 0 unspecified atom stereocenters. The molecular weight excluding hydrogens is 373 g/mol. The number of nitrogens with zero attached hydrogens (tertiary/aromatic N) is 1. The van der Waals surface area contributed by atoms with Crippen molar-refractivity contribution in [2.75, 3.05) is 6.61 Å². The van der Waals surface area contributed by atoms with Crippen LogP contribution in [0.4, 0.5) is 4.39 Å². The van der Waals surface area contributed by atoms with Crippen LogP contribution in [0.2, 0.25) is 0 Å². The van der Waals surface area contributed by atoms with E-state index in [9.17, 15) is 19.4 Å². The molecule has 1 aromatic heterocycles. The second-order valence-electron chi connectivity index (χ2n) is 8.82. The number of carboxylic acids is 1. The van der Waals surface area contributed by atoms with Crippen molar-refractivity contribution in [2.24, 2.45) is 5.92 Å². The van der Waals surface area contributed by atoms with Crippen LogP contribution in [0.15, 0.2) is 42.5 Å². The number of hydrogen-bond acceptors (Lipinski definition) is 3. The summed E-state index contributed by atoms with van der Waals surface area (Å²) in [6.07, 6.45) is 0.755. The second-order valence-corrected chi connectivity index (χ2v) is 8.82. The number of hydrogen-bond donors (Lipinski definition) is 2. The lowest BCUT2D eigenvalue weighted by atomic mass is 9.63. The van der Waals surface area contributed by atoms with E-state index in [1.54, 1.807) is 24.3 Å². The lowest BCUT2D eigenvalue weighted by molar-refractivity contribution is -0.180. The summed E-state index contributed by atoms with van der Waals surface area (Å²) in [6.45, 7) is 4.58. The lowest BCUT2D eigenvalue weighted by Crippen LogP contribution is -2.52. The van der Waals surface area contributed by atoms with Crippen LogP contribution in [0.3, 0.4) is 0 Å². The number of carboxylic acid groups (broad SMARTS) is 1. The number of aliphatic carboxylic acids is 1. The molecule has 1 fully saturated rings. The Morgan fingerprint density at radius 2 is 1.86 bits per heavy atom. The van der Waals surface area contributed by atoms with Crippen molar-refractivity contribution in [3.8, 4) is 11.4 Å².